The summed E-state index contributed by atoms with van der Waals surface area (Å²) in [5.41, 5.74) is 2.14. The Morgan fingerprint density at radius 3 is 2.71 bits per heavy atom. The van der Waals surface area contributed by atoms with Crippen LogP contribution in [0.2, 0.25) is 0 Å². The van der Waals surface area contributed by atoms with Crippen molar-refractivity contribution >= 4 is 27.9 Å². The van der Waals surface area contributed by atoms with Crippen LogP contribution in [0.3, 0.4) is 0 Å². The number of carbonyl (C=O) groups excluding carboxylic acids is 1. The molecule has 0 saturated carbocycles. The third-order valence-electron chi connectivity index (χ3n) is 3.17. The van der Waals surface area contributed by atoms with Crippen molar-refractivity contribution in [1.29, 1.82) is 0 Å². The molecule has 0 saturated heterocycles. The molecule has 1 aromatic heterocycles. The Morgan fingerprint density at radius 2 is 2.10 bits per heavy atom. The van der Waals surface area contributed by atoms with Gasteiger partial charge in [-0.25, -0.2) is 0 Å². The summed E-state index contributed by atoms with van der Waals surface area (Å²) in [6.07, 6.45) is 7.80. The third kappa shape index (κ3) is 4.86. The second-order valence-electron chi connectivity index (χ2n) is 4.92. The average Bonchev–Trinajstić information content (AvgIpc) is 2.89. The number of likely N-dealkylation sites (N-methyl/N-ethyl adjacent to an activating group) is 1. The fourth-order valence-corrected chi connectivity index (χ4v) is 2.14. The topological polar surface area (TPSA) is 38.1 Å². The zero-order valence-corrected chi connectivity index (χ0v) is 13.7. The fourth-order valence-electron chi connectivity index (χ4n) is 1.88. The van der Waals surface area contributed by atoms with Gasteiger partial charge in [-0.3, -0.25) is 9.48 Å². The highest BCUT2D eigenvalue weighted by Gasteiger charge is 2.05. The van der Waals surface area contributed by atoms with Gasteiger partial charge in [-0.2, -0.15) is 5.10 Å². The lowest BCUT2D eigenvalue weighted by atomic mass is 10.1. The first-order chi connectivity index (χ1) is 10.0. The van der Waals surface area contributed by atoms with Gasteiger partial charge in [-0.15, -0.1) is 0 Å². The van der Waals surface area contributed by atoms with Crippen molar-refractivity contribution in [2.75, 3.05) is 13.6 Å². The number of nitrogens with zero attached hydrogens (tertiary/aromatic N) is 3. The lowest BCUT2D eigenvalue weighted by Crippen LogP contribution is -2.27. The molecule has 0 unspecified atom stereocenters. The smallest absolute Gasteiger partial charge is 0.246 e. The summed E-state index contributed by atoms with van der Waals surface area (Å²) >= 11 is 3.41. The molecule has 0 aliphatic carbocycles. The number of halogens is 1. The molecular formula is C16H18BrN3O. The van der Waals surface area contributed by atoms with Crippen LogP contribution < -0.4 is 0 Å². The van der Waals surface area contributed by atoms with E-state index < -0.39 is 0 Å². The van der Waals surface area contributed by atoms with Gasteiger partial charge in [0, 0.05) is 42.9 Å². The summed E-state index contributed by atoms with van der Waals surface area (Å²) in [6, 6.07) is 8.15. The fraction of sp³-hybridized carbons (Fsp3) is 0.250. The maximum atomic E-state index is 12.0. The van der Waals surface area contributed by atoms with E-state index in [0.29, 0.717) is 6.54 Å². The minimum atomic E-state index is -0.00374. The standard InChI is InChI=1S/C16H18BrN3O/c1-19(10-9-13-3-6-15(17)7-4-13)16(21)8-5-14-11-18-20(2)12-14/h3-8,11-12H,9-10H2,1-2H3/b8-5+. The zero-order chi connectivity index (χ0) is 15.2. The van der Waals surface area contributed by atoms with Crippen molar-refractivity contribution in [3.63, 3.8) is 0 Å². The highest BCUT2D eigenvalue weighted by atomic mass is 79.9. The second-order valence-corrected chi connectivity index (χ2v) is 5.83. The minimum absolute atomic E-state index is 0.00374. The summed E-state index contributed by atoms with van der Waals surface area (Å²) in [5.74, 6) is -0.00374. The van der Waals surface area contributed by atoms with Crippen LogP contribution in [0, 0.1) is 0 Å². The summed E-state index contributed by atoms with van der Waals surface area (Å²) in [4.78, 5) is 13.7. The summed E-state index contributed by atoms with van der Waals surface area (Å²) in [7, 11) is 3.66. The number of aromatic nitrogens is 2. The zero-order valence-electron chi connectivity index (χ0n) is 12.2. The minimum Gasteiger partial charge on any atom is -0.342 e. The number of benzene rings is 1. The number of aryl methyl sites for hydroxylation is 1. The van der Waals surface area contributed by atoms with E-state index in [1.165, 1.54) is 5.56 Å². The molecule has 0 spiro atoms. The van der Waals surface area contributed by atoms with Crippen LogP contribution in [-0.2, 0) is 18.3 Å². The van der Waals surface area contributed by atoms with E-state index >= 15 is 0 Å². The molecule has 5 heteroatoms. The van der Waals surface area contributed by atoms with Gasteiger partial charge in [0.2, 0.25) is 5.91 Å². The van der Waals surface area contributed by atoms with Crippen LogP contribution >= 0.6 is 15.9 Å². The number of hydrogen-bond acceptors (Lipinski definition) is 2. The summed E-state index contributed by atoms with van der Waals surface area (Å²) < 4.78 is 2.77. The molecule has 2 aromatic rings. The first-order valence-corrected chi connectivity index (χ1v) is 7.50. The van der Waals surface area contributed by atoms with Crippen molar-refractivity contribution in [1.82, 2.24) is 14.7 Å². The van der Waals surface area contributed by atoms with Gasteiger partial charge in [-0.1, -0.05) is 28.1 Å². The number of carbonyl (C=O) groups is 1. The Morgan fingerprint density at radius 1 is 1.38 bits per heavy atom. The van der Waals surface area contributed by atoms with Crippen LogP contribution in [0.1, 0.15) is 11.1 Å². The van der Waals surface area contributed by atoms with E-state index in [2.05, 4.69) is 33.2 Å². The number of amides is 1. The van der Waals surface area contributed by atoms with Crippen molar-refractivity contribution < 1.29 is 4.79 Å². The van der Waals surface area contributed by atoms with Crippen LogP contribution in [0.25, 0.3) is 6.08 Å². The lowest BCUT2D eigenvalue weighted by molar-refractivity contribution is -0.124. The maximum absolute atomic E-state index is 12.0. The Bertz CT molecular complexity index is 631. The van der Waals surface area contributed by atoms with Crippen LogP contribution in [0.5, 0.6) is 0 Å². The van der Waals surface area contributed by atoms with E-state index in [0.717, 1.165) is 16.5 Å². The molecule has 4 nitrogen and oxygen atoms in total. The van der Waals surface area contributed by atoms with Gasteiger partial charge < -0.3 is 4.90 Å². The van der Waals surface area contributed by atoms with Gasteiger partial charge >= 0.3 is 0 Å². The molecule has 1 aromatic carbocycles. The van der Waals surface area contributed by atoms with Crippen molar-refractivity contribution in [2.24, 2.45) is 7.05 Å². The van der Waals surface area contributed by atoms with Crippen LogP contribution in [-0.4, -0.2) is 34.2 Å². The highest BCUT2D eigenvalue weighted by molar-refractivity contribution is 9.10. The Labute approximate surface area is 133 Å². The highest BCUT2D eigenvalue weighted by Crippen LogP contribution is 2.11. The molecule has 0 aliphatic rings. The van der Waals surface area contributed by atoms with Gasteiger partial charge in [0.25, 0.3) is 0 Å². The molecular weight excluding hydrogens is 330 g/mol. The molecule has 0 fully saturated rings. The van der Waals surface area contributed by atoms with Gasteiger partial charge in [0.15, 0.2) is 0 Å². The van der Waals surface area contributed by atoms with Crippen molar-refractivity contribution in [2.45, 2.75) is 6.42 Å². The van der Waals surface area contributed by atoms with E-state index in [9.17, 15) is 4.79 Å². The number of rotatable bonds is 5. The van der Waals surface area contributed by atoms with Crippen LogP contribution in [0.15, 0.2) is 47.2 Å². The Hall–Kier alpha value is -1.88. The van der Waals surface area contributed by atoms with Crippen LogP contribution in [0.4, 0.5) is 0 Å². The van der Waals surface area contributed by atoms with E-state index in [1.54, 1.807) is 27.9 Å². The molecule has 110 valence electrons. The van der Waals surface area contributed by atoms with Gasteiger partial charge in [0.05, 0.1) is 6.20 Å². The summed E-state index contributed by atoms with van der Waals surface area (Å²) in [6.45, 7) is 0.692. The molecule has 21 heavy (non-hydrogen) atoms. The third-order valence-corrected chi connectivity index (χ3v) is 3.70. The monoisotopic (exact) mass is 347 g/mol. The molecule has 1 heterocycles. The largest absolute Gasteiger partial charge is 0.342 e. The Kier molecular flexibility index (Phi) is 5.33. The quantitative estimate of drug-likeness (QED) is 0.780. The van der Waals surface area contributed by atoms with E-state index in [1.807, 2.05) is 32.4 Å². The lowest BCUT2D eigenvalue weighted by Gasteiger charge is -2.14. The average molecular weight is 348 g/mol. The maximum Gasteiger partial charge on any atom is 0.246 e. The Balaban J connectivity index is 1.85. The molecule has 0 aliphatic heterocycles. The normalized spacial score (nSPS) is 11.0. The van der Waals surface area contributed by atoms with Crippen molar-refractivity contribution in [3.8, 4) is 0 Å². The predicted molar refractivity (Wildman–Crippen MR) is 87.7 cm³/mol. The molecule has 0 N–H and O–H groups in total. The molecule has 0 radical (unpaired) electrons. The molecule has 0 atom stereocenters. The second kappa shape index (κ2) is 7.22. The molecule has 0 bridgehead atoms. The van der Waals surface area contributed by atoms with Gasteiger partial charge in [0.1, 0.15) is 0 Å². The SMILES string of the molecule is CN(CCc1ccc(Br)cc1)C(=O)/C=C/c1cnn(C)c1. The van der Waals surface area contributed by atoms with Gasteiger partial charge in [-0.05, 0) is 30.2 Å². The predicted octanol–water partition coefficient (Wildman–Crippen LogP) is 2.90. The first-order valence-electron chi connectivity index (χ1n) is 6.71. The first kappa shape index (κ1) is 15.5. The molecule has 2 rings (SSSR count). The van der Waals surface area contributed by atoms with Crippen molar-refractivity contribution in [3.05, 3.63) is 58.3 Å². The van der Waals surface area contributed by atoms with E-state index in [-0.39, 0.29) is 5.91 Å². The van der Waals surface area contributed by atoms with E-state index in [4.69, 9.17) is 0 Å². The molecule has 1 amide bonds. The summed E-state index contributed by atoms with van der Waals surface area (Å²) in [5, 5.41) is 4.06. The number of hydrogen-bond donors (Lipinski definition) is 0.